The number of nitrogens with two attached hydrogens (primary N) is 1. The highest BCUT2D eigenvalue weighted by molar-refractivity contribution is 5.94. The second kappa shape index (κ2) is 5.33. The molecule has 0 saturated heterocycles. The third-order valence-corrected chi connectivity index (χ3v) is 2.99. The minimum atomic E-state index is -0.279. The monoisotopic (exact) mass is 257 g/mol. The molecule has 2 rings (SSSR count). The van der Waals surface area contributed by atoms with Crippen molar-refractivity contribution in [3.8, 4) is 0 Å². The van der Waals surface area contributed by atoms with Crippen LogP contribution in [0.5, 0.6) is 0 Å². The lowest BCUT2D eigenvalue weighted by Gasteiger charge is -2.38. The van der Waals surface area contributed by atoms with Gasteiger partial charge >= 0.3 is 0 Å². The highest BCUT2D eigenvalue weighted by atomic mass is 35.5. The smallest absolute Gasteiger partial charge is 0.251 e. The first-order chi connectivity index (χ1) is 7.59. The molecule has 1 amide bonds. The number of aromatic nitrogens is 1. The fourth-order valence-electron chi connectivity index (χ4n) is 1.75. The number of rotatable bonds is 3. The van der Waals surface area contributed by atoms with Crippen LogP contribution in [0.3, 0.4) is 0 Å². The van der Waals surface area contributed by atoms with E-state index in [1.165, 1.54) is 12.3 Å². The molecular formula is C11H16ClN3O2. The van der Waals surface area contributed by atoms with Crippen molar-refractivity contribution in [1.29, 1.82) is 0 Å². The van der Waals surface area contributed by atoms with Crippen molar-refractivity contribution in [3.63, 3.8) is 0 Å². The number of amides is 1. The van der Waals surface area contributed by atoms with Crippen LogP contribution in [0.15, 0.2) is 23.1 Å². The van der Waals surface area contributed by atoms with Crippen molar-refractivity contribution in [1.82, 2.24) is 10.3 Å². The Morgan fingerprint density at radius 2 is 2.24 bits per heavy atom. The molecule has 1 aromatic heterocycles. The van der Waals surface area contributed by atoms with Crippen LogP contribution in [-0.4, -0.2) is 23.0 Å². The minimum absolute atomic E-state index is 0. The number of carbonyl (C=O) groups is 1. The Kier molecular flexibility index (Phi) is 4.31. The zero-order chi connectivity index (χ0) is 11.6. The van der Waals surface area contributed by atoms with Crippen molar-refractivity contribution in [2.75, 3.05) is 6.54 Å². The van der Waals surface area contributed by atoms with Gasteiger partial charge < -0.3 is 16.0 Å². The molecule has 0 spiro atoms. The maximum absolute atomic E-state index is 11.7. The fourth-order valence-corrected chi connectivity index (χ4v) is 1.75. The fraction of sp³-hybridized carbons (Fsp3) is 0.455. The van der Waals surface area contributed by atoms with E-state index < -0.39 is 0 Å². The molecule has 0 atom stereocenters. The SMILES string of the molecule is Cl.NC1(CNC(=O)c2cc[nH]c(=O)c2)CCC1. The Morgan fingerprint density at radius 3 is 2.76 bits per heavy atom. The number of carbonyl (C=O) groups excluding carboxylic acids is 1. The Morgan fingerprint density at radius 1 is 1.53 bits per heavy atom. The van der Waals surface area contributed by atoms with Crippen LogP contribution in [0, 0.1) is 0 Å². The summed E-state index contributed by atoms with van der Waals surface area (Å²) in [4.78, 5) is 25.1. The van der Waals surface area contributed by atoms with Gasteiger partial charge in [-0.3, -0.25) is 9.59 Å². The molecule has 94 valence electrons. The van der Waals surface area contributed by atoms with Gasteiger partial charge in [-0.05, 0) is 25.3 Å². The lowest BCUT2D eigenvalue weighted by atomic mass is 9.78. The highest BCUT2D eigenvalue weighted by Crippen LogP contribution is 2.28. The van der Waals surface area contributed by atoms with Crippen LogP contribution in [0.1, 0.15) is 29.6 Å². The predicted octanol–water partition coefficient (Wildman–Crippen LogP) is 0.408. The van der Waals surface area contributed by atoms with E-state index in [9.17, 15) is 9.59 Å². The molecule has 4 N–H and O–H groups in total. The molecule has 0 aromatic carbocycles. The van der Waals surface area contributed by atoms with Gasteiger partial charge in [0.2, 0.25) is 5.56 Å². The third kappa shape index (κ3) is 3.31. The summed E-state index contributed by atoms with van der Waals surface area (Å²) in [7, 11) is 0. The van der Waals surface area contributed by atoms with Crippen LogP contribution in [0.25, 0.3) is 0 Å². The summed E-state index contributed by atoms with van der Waals surface area (Å²) in [6.07, 6.45) is 4.47. The molecule has 17 heavy (non-hydrogen) atoms. The lowest BCUT2D eigenvalue weighted by Crippen LogP contribution is -2.54. The van der Waals surface area contributed by atoms with E-state index in [0.717, 1.165) is 19.3 Å². The van der Waals surface area contributed by atoms with Gasteiger partial charge in [-0.2, -0.15) is 0 Å². The molecule has 1 saturated carbocycles. The number of H-pyrrole nitrogens is 1. The largest absolute Gasteiger partial charge is 0.350 e. The van der Waals surface area contributed by atoms with Crippen LogP contribution < -0.4 is 16.6 Å². The highest BCUT2D eigenvalue weighted by Gasteiger charge is 2.32. The molecule has 6 heteroatoms. The molecular weight excluding hydrogens is 242 g/mol. The second-order valence-electron chi connectivity index (χ2n) is 4.34. The zero-order valence-corrected chi connectivity index (χ0v) is 10.2. The maximum atomic E-state index is 11.7. The van der Waals surface area contributed by atoms with Crippen LogP contribution in [-0.2, 0) is 0 Å². The van der Waals surface area contributed by atoms with Crippen LogP contribution in [0.4, 0.5) is 0 Å². The minimum Gasteiger partial charge on any atom is -0.350 e. The van der Waals surface area contributed by atoms with E-state index in [2.05, 4.69) is 10.3 Å². The van der Waals surface area contributed by atoms with Crippen molar-refractivity contribution < 1.29 is 4.79 Å². The van der Waals surface area contributed by atoms with Gasteiger partial charge in [-0.15, -0.1) is 12.4 Å². The quantitative estimate of drug-likeness (QED) is 0.733. The van der Waals surface area contributed by atoms with Gasteiger partial charge in [0.15, 0.2) is 0 Å². The van der Waals surface area contributed by atoms with Gasteiger partial charge in [0.05, 0.1) is 0 Å². The maximum Gasteiger partial charge on any atom is 0.251 e. The normalized spacial score (nSPS) is 16.5. The number of halogens is 1. The van der Waals surface area contributed by atoms with Gasteiger partial charge in [0.25, 0.3) is 5.91 Å². The first-order valence-electron chi connectivity index (χ1n) is 5.35. The molecule has 0 unspecified atom stereocenters. The number of pyridine rings is 1. The molecule has 5 nitrogen and oxygen atoms in total. The molecule has 0 bridgehead atoms. The van der Waals surface area contributed by atoms with Gasteiger partial charge in [0.1, 0.15) is 0 Å². The first-order valence-corrected chi connectivity index (χ1v) is 5.35. The molecule has 1 aliphatic carbocycles. The van der Waals surface area contributed by atoms with Crippen LogP contribution >= 0.6 is 12.4 Å². The van der Waals surface area contributed by atoms with E-state index in [0.29, 0.717) is 12.1 Å². The Balaban J connectivity index is 0.00000144. The summed E-state index contributed by atoms with van der Waals surface area (Å²) in [5.74, 6) is -0.247. The number of hydrogen-bond donors (Lipinski definition) is 3. The molecule has 1 aliphatic rings. The van der Waals surface area contributed by atoms with E-state index in [-0.39, 0.29) is 29.4 Å². The molecule has 0 radical (unpaired) electrons. The van der Waals surface area contributed by atoms with Gasteiger partial charge in [0, 0.05) is 29.9 Å². The van der Waals surface area contributed by atoms with E-state index in [1.54, 1.807) is 6.07 Å². The summed E-state index contributed by atoms with van der Waals surface area (Å²) in [6, 6.07) is 2.85. The Bertz CT molecular complexity index is 454. The number of aromatic amines is 1. The Hall–Kier alpha value is -1.33. The van der Waals surface area contributed by atoms with E-state index in [1.807, 2.05) is 0 Å². The van der Waals surface area contributed by atoms with E-state index in [4.69, 9.17) is 5.73 Å². The van der Waals surface area contributed by atoms with Crippen molar-refractivity contribution in [2.45, 2.75) is 24.8 Å². The lowest BCUT2D eigenvalue weighted by molar-refractivity contribution is 0.0929. The van der Waals surface area contributed by atoms with Crippen molar-refractivity contribution in [3.05, 3.63) is 34.2 Å². The molecule has 1 aromatic rings. The average Bonchev–Trinajstić information content (AvgIpc) is 2.23. The summed E-state index contributed by atoms with van der Waals surface area (Å²) in [6.45, 7) is 0.471. The third-order valence-electron chi connectivity index (χ3n) is 2.99. The molecule has 1 fully saturated rings. The first kappa shape index (κ1) is 13.7. The standard InChI is InChI=1S/C11H15N3O2.ClH/c12-11(3-1-4-11)7-14-10(16)8-2-5-13-9(15)6-8;/h2,5-6H,1,3-4,7,12H2,(H,13,15)(H,14,16);1H. The van der Waals surface area contributed by atoms with Crippen molar-refractivity contribution >= 4 is 18.3 Å². The van der Waals surface area contributed by atoms with E-state index >= 15 is 0 Å². The van der Waals surface area contributed by atoms with Gasteiger partial charge in [-0.25, -0.2) is 0 Å². The summed E-state index contributed by atoms with van der Waals surface area (Å²) in [5.41, 5.74) is 5.83. The zero-order valence-electron chi connectivity index (χ0n) is 9.36. The Labute approximate surface area is 105 Å². The second-order valence-corrected chi connectivity index (χ2v) is 4.34. The number of nitrogens with one attached hydrogen (secondary N) is 2. The summed E-state index contributed by atoms with van der Waals surface area (Å²) in [5, 5.41) is 2.75. The summed E-state index contributed by atoms with van der Waals surface area (Å²) < 4.78 is 0. The molecule has 1 heterocycles. The molecule has 0 aliphatic heterocycles. The average molecular weight is 258 g/mol. The van der Waals surface area contributed by atoms with Gasteiger partial charge in [-0.1, -0.05) is 0 Å². The topological polar surface area (TPSA) is 88.0 Å². The van der Waals surface area contributed by atoms with Crippen LogP contribution in [0.2, 0.25) is 0 Å². The number of hydrogen-bond acceptors (Lipinski definition) is 3. The van der Waals surface area contributed by atoms with Crippen molar-refractivity contribution in [2.24, 2.45) is 5.73 Å². The summed E-state index contributed by atoms with van der Waals surface area (Å²) >= 11 is 0. The predicted molar refractivity (Wildman–Crippen MR) is 67.4 cm³/mol.